The Kier molecular flexibility index (Phi) is 11.2. The highest BCUT2D eigenvalue weighted by Crippen LogP contribution is 2.44. The number of alkyl carbamates (subject to hydrolysis) is 1. The Morgan fingerprint density at radius 2 is 1.38 bits per heavy atom. The number of hydrogen-bond donors (Lipinski definition) is 4. The third-order valence-corrected chi connectivity index (χ3v) is 6.18. The van der Waals surface area contributed by atoms with E-state index in [1.165, 1.54) is 0 Å². The van der Waals surface area contributed by atoms with E-state index < -0.39 is 36.2 Å². The van der Waals surface area contributed by atoms with E-state index in [4.69, 9.17) is 20.3 Å². The van der Waals surface area contributed by atoms with Crippen molar-refractivity contribution in [2.75, 3.05) is 19.7 Å². The molecule has 222 valence electrons. The monoisotopic (exact) mass is 575 g/mol. The summed E-state index contributed by atoms with van der Waals surface area (Å²) in [5.74, 6) is -2.16. The Bertz CT molecular complexity index is 1340. The number of nitrogens with two attached hydrogens (primary N) is 1. The number of carbonyl (C=O) groups is 4. The maximum Gasteiger partial charge on any atom is 0.407 e. The van der Waals surface area contributed by atoms with Gasteiger partial charge in [0.1, 0.15) is 31.3 Å². The van der Waals surface area contributed by atoms with Crippen LogP contribution in [0.15, 0.2) is 78.9 Å². The summed E-state index contributed by atoms with van der Waals surface area (Å²) in [4.78, 5) is 45.2. The van der Waals surface area contributed by atoms with Crippen molar-refractivity contribution in [1.82, 2.24) is 10.6 Å². The fourth-order valence-electron chi connectivity index (χ4n) is 4.37. The largest absolute Gasteiger partial charge is 0.480 e. The molecule has 1 aliphatic rings. The van der Waals surface area contributed by atoms with Crippen LogP contribution in [0.1, 0.15) is 43.4 Å². The van der Waals surface area contributed by atoms with Gasteiger partial charge in [0.25, 0.3) is 0 Å². The second-order valence-electron chi connectivity index (χ2n) is 10.7. The zero-order valence-corrected chi connectivity index (χ0v) is 24.0. The van der Waals surface area contributed by atoms with Gasteiger partial charge in [0.2, 0.25) is 5.91 Å². The van der Waals surface area contributed by atoms with Crippen LogP contribution in [-0.4, -0.2) is 60.4 Å². The lowest BCUT2D eigenvalue weighted by molar-refractivity contribution is -0.156. The molecule has 0 bridgehead atoms. The molecule has 0 spiro atoms. The van der Waals surface area contributed by atoms with Crippen LogP contribution in [-0.2, 0) is 30.3 Å². The van der Waals surface area contributed by atoms with E-state index in [9.17, 15) is 19.2 Å². The fraction of sp³-hybridized carbons (Fsp3) is 0.312. The molecule has 0 radical (unpaired) electrons. The van der Waals surface area contributed by atoms with E-state index in [1.54, 1.807) is 0 Å². The molecular weight excluding hydrogens is 538 g/mol. The number of fused-ring (bicyclic) bond motifs is 3. The number of carboxylic acids is 1. The molecule has 10 heteroatoms. The number of ether oxygens (including phenoxy) is 2. The molecule has 0 saturated carbocycles. The number of carboxylic acid groups (broad SMARTS) is 1. The van der Waals surface area contributed by atoms with Gasteiger partial charge in [-0.2, -0.15) is 0 Å². The highest BCUT2D eigenvalue weighted by Gasteiger charge is 2.29. The average Bonchev–Trinajstić information content (AvgIpc) is 3.27. The summed E-state index contributed by atoms with van der Waals surface area (Å²) in [6.07, 6.45) is -0.215. The maximum absolute atomic E-state index is 11.8. The topological polar surface area (TPSA) is 157 Å². The van der Waals surface area contributed by atoms with Crippen LogP contribution in [0.2, 0.25) is 0 Å². The summed E-state index contributed by atoms with van der Waals surface area (Å²) >= 11 is 0. The zero-order valence-electron chi connectivity index (χ0n) is 24.0. The number of hydrogen-bond acceptors (Lipinski definition) is 7. The summed E-state index contributed by atoms with van der Waals surface area (Å²) in [6, 6.07) is 25.0. The molecule has 3 aromatic carbocycles. The standard InChI is InChI=1S/C19H18N2O5.C13H19NO2/c22-17(20-10-18(23)24)9-21-19(25)26-11-16-14-7-3-1-5-12(14)13-6-2-4-8-15(13)16;1-13(2,3)16-12(15)11(14)9-10-7-5-4-6-8-10/h1-8,16H,9-11H2,(H,20,22)(H,21,25)(H,23,24);4-8,11H,9,14H2,1-3H3. The summed E-state index contributed by atoms with van der Waals surface area (Å²) in [5.41, 5.74) is 10.8. The molecule has 4 rings (SSSR count). The smallest absolute Gasteiger partial charge is 0.407 e. The second-order valence-corrected chi connectivity index (χ2v) is 10.7. The Morgan fingerprint density at radius 1 is 0.833 bits per heavy atom. The van der Waals surface area contributed by atoms with E-state index in [1.807, 2.05) is 99.6 Å². The molecule has 1 aliphatic carbocycles. The van der Waals surface area contributed by atoms with Gasteiger partial charge in [0, 0.05) is 5.92 Å². The highest BCUT2D eigenvalue weighted by molar-refractivity contribution is 5.85. The van der Waals surface area contributed by atoms with Crippen molar-refractivity contribution in [2.24, 2.45) is 5.73 Å². The molecule has 0 heterocycles. The number of amides is 2. The Morgan fingerprint density at radius 3 is 1.93 bits per heavy atom. The Hall–Kier alpha value is -4.70. The van der Waals surface area contributed by atoms with E-state index in [2.05, 4.69) is 10.6 Å². The molecular formula is C32H37N3O7. The van der Waals surface area contributed by atoms with Crippen molar-refractivity contribution >= 4 is 23.9 Å². The van der Waals surface area contributed by atoms with Crippen molar-refractivity contribution in [2.45, 2.75) is 44.8 Å². The minimum absolute atomic E-state index is 0.0611. The Balaban J connectivity index is 0.000000260. The molecule has 0 aromatic heterocycles. The van der Waals surface area contributed by atoms with Crippen molar-refractivity contribution in [3.05, 3.63) is 95.6 Å². The molecule has 0 saturated heterocycles. The lowest BCUT2D eigenvalue weighted by Crippen LogP contribution is -2.39. The lowest BCUT2D eigenvalue weighted by atomic mass is 9.98. The first-order valence-corrected chi connectivity index (χ1v) is 13.5. The van der Waals surface area contributed by atoms with Crippen LogP contribution in [0.4, 0.5) is 4.79 Å². The fourth-order valence-corrected chi connectivity index (χ4v) is 4.37. The highest BCUT2D eigenvalue weighted by atomic mass is 16.6. The SMILES string of the molecule is CC(C)(C)OC(=O)C(N)Cc1ccccc1.O=C(O)CNC(=O)CNC(=O)OCC1c2ccccc2-c2ccccc21. The van der Waals surface area contributed by atoms with E-state index in [-0.39, 0.29) is 25.0 Å². The first-order chi connectivity index (χ1) is 19.9. The van der Waals surface area contributed by atoms with Gasteiger partial charge in [-0.15, -0.1) is 0 Å². The predicted octanol–water partition coefficient (Wildman–Crippen LogP) is 3.62. The summed E-state index contributed by atoms with van der Waals surface area (Å²) < 4.78 is 10.5. The van der Waals surface area contributed by atoms with Gasteiger partial charge in [0.15, 0.2) is 0 Å². The minimum atomic E-state index is -1.15. The molecule has 3 aromatic rings. The third kappa shape index (κ3) is 9.74. The van der Waals surface area contributed by atoms with Gasteiger partial charge < -0.3 is 30.9 Å². The van der Waals surface area contributed by atoms with Gasteiger partial charge in [-0.25, -0.2) is 4.79 Å². The normalized spacial score (nSPS) is 12.5. The quantitative estimate of drug-likeness (QED) is 0.282. The number of aliphatic carboxylic acids is 1. The molecule has 1 atom stereocenters. The minimum Gasteiger partial charge on any atom is -0.480 e. The van der Waals surface area contributed by atoms with Crippen LogP contribution in [0.25, 0.3) is 11.1 Å². The van der Waals surface area contributed by atoms with Crippen LogP contribution in [0.5, 0.6) is 0 Å². The van der Waals surface area contributed by atoms with Crippen LogP contribution in [0.3, 0.4) is 0 Å². The molecule has 2 amide bonds. The van der Waals surface area contributed by atoms with Crippen LogP contribution in [0, 0.1) is 0 Å². The molecule has 1 unspecified atom stereocenters. The summed E-state index contributed by atoms with van der Waals surface area (Å²) in [5, 5.41) is 12.9. The van der Waals surface area contributed by atoms with Crippen molar-refractivity contribution in [3.8, 4) is 11.1 Å². The van der Waals surface area contributed by atoms with E-state index in [0.29, 0.717) is 6.42 Å². The van der Waals surface area contributed by atoms with Gasteiger partial charge in [-0.1, -0.05) is 78.9 Å². The number of nitrogens with one attached hydrogen (secondary N) is 2. The third-order valence-electron chi connectivity index (χ3n) is 6.18. The molecule has 5 N–H and O–H groups in total. The van der Waals surface area contributed by atoms with E-state index >= 15 is 0 Å². The maximum atomic E-state index is 11.8. The van der Waals surface area contributed by atoms with Crippen molar-refractivity contribution in [3.63, 3.8) is 0 Å². The molecule has 10 nitrogen and oxygen atoms in total. The van der Waals surface area contributed by atoms with Gasteiger partial charge in [-0.3, -0.25) is 14.4 Å². The predicted molar refractivity (Wildman–Crippen MR) is 158 cm³/mol. The average molecular weight is 576 g/mol. The second kappa shape index (κ2) is 14.8. The number of rotatable bonds is 9. The summed E-state index contributed by atoms with van der Waals surface area (Å²) in [6.45, 7) is 4.81. The van der Waals surface area contributed by atoms with Gasteiger partial charge in [0.05, 0.1) is 0 Å². The van der Waals surface area contributed by atoms with Gasteiger partial charge >= 0.3 is 18.0 Å². The van der Waals surface area contributed by atoms with Crippen LogP contribution < -0.4 is 16.4 Å². The van der Waals surface area contributed by atoms with Gasteiger partial charge in [-0.05, 0) is 55.0 Å². The number of carbonyl (C=O) groups excluding carboxylic acids is 3. The van der Waals surface area contributed by atoms with E-state index in [0.717, 1.165) is 27.8 Å². The first kappa shape index (κ1) is 31.8. The first-order valence-electron chi connectivity index (χ1n) is 13.5. The zero-order chi connectivity index (χ0) is 30.7. The molecule has 0 fully saturated rings. The molecule has 0 aliphatic heterocycles. The number of esters is 1. The number of benzene rings is 3. The van der Waals surface area contributed by atoms with Crippen molar-refractivity contribution in [1.29, 1.82) is 0 Å². The van der Waals surface area contributed by atoms with Crippen LogP contribution >= 0.6 is 0 Å². The molecule has 42 heavy (non-hydrogen) atoms. The summed E-state index contributed by atoms with van der Waals surface area (Å²) in [7, 11) is 0. The Labute approximate surface area is 245 Å². The van der Waals surface area contributed by atoms with Crippen molar-refractivity contribution < 1.29 is 33.8 Å². The lowest BCUT2D eigenvalue weighted by Gasteiger charge is -2.22.